The van der Waals surface area contributed by atoms with E-state index in [1.807, 2.05) is 19.9 Å². The van der Waals surface area contributed by atoms with Crippen molar-refractivity contribution in [3.63, 3.8) is 0 Å². The van der Waals surface area contributed by atoms with E-state index < -0.39 is 22.0 Å². The van der Waals surface area contributed by atoms with Crippen LogP contribution in [0.5, 0.6) is 5.75 Å². The highest BCUT2D eigenvalue weighted by Crippen LogP contribution is 2.43. The van der Waals surface area contributed by atoms with E-state index in [2.05, 4.69) is 21.3 Å². The van der Waals surface area contributed by atoms with Gasteiger partial charge in [-0.25, -0.2) is 13.8 Å². The van der Waals surface area contributed by atoms with Gasteiger partial charge in [0.05, 0.1) is 4.90 Å². The number of rotatable bonds is 6. The van der Waals surface area contributed by atoms with E-state index in [-0.39, 0.29) is 16.1 Å². The van der Waals surface area contributed by atoms with Crippen molar-refractivity contribution in [2.24, 2.45) is 5.10 Å². The second-order valence-corrected chi connectivity index (χ2v) is 13.1. The standard InChI is InChI=1S/C33H35N3O5S/c1-22-11-13-26(14-12-22)42(38,39)36-31(24-9-5-3-6-10-24)32(37)35-34-30-19-23(2)27-20-25-15-18-33(16-7-4-8-17-33)41-28(25)21-29(27)40-30/h3,5-6,9-14,19-21,31,36H,4,7-8,15-18H2,1-2H3,(H,35,37)/t31-/m0/s1. The van der Waals surface area contributed by atoms with Crippen molar-refractivity contribution in [3.8, 4) is 5.75 Å². The number of benzene rings is 3. The number of ether oxygens (including phenoxy) is 1. The molecule has 1 amide bonds. The molecule has 1 fully saturated rings. The predicted octanol–water partition coefficient (Wildman–Crippen LogP) is 5.73. The van der Waals surface area contributed by atoms with Crippen molar-refractivity contribution in [3.05, 3.63) is 101 Å². The first-order valence-corrected chi connectivity index (χ1v) is 15.9. The van der Waals surface area contributed by atoms with Crippen LogP contribution in [0.15, 0.2) is 87.2 Å². The summed E-state index contributed by atoms with van der Waals surface area (Å²) in [5, 5.41) is 5.20. The van der Waals surface area contributed by atoms with E-state index in [0.29, 0.717) is 11.1 Å². The minimum atomic E-state index is -4.00. The maximum atomic E-state index is 13.4. The van der Waals surface area contributed by atoms with Crippen molar-refractivity contribution in [2.45, 2.75) is 75.3 Å². The first-order chi connectivity index (χ1) is 20.2. The lowest BCUT2D eigenvalue weighted by molar-refractivity contribution is -0.123. The Morgan fingerprint density at radius 2 is 1.67 bits per heavy atom. The van der Waals surface area contributed by atoms with E-state index in [4.69, 9.17) is 9.15 Å². The van der Waals surface area contributed by atoms with Gasteiger partial charge >= 0.3 is 0 Å². The highest BCUT2D eigenvalue weighted by Gasteiger charge is 2.37. The molecule has 1 atom stereocenters. The van der Waals surface area contributed by atoms with Crippen molar-refractivity contribution in [1.29, 1.82) is 0 Å². The van der Waals surface area contributed by atoms with Gasteiger partial charge < -0.3 is 9.15 Å². The average molecular weight is 586 g/mol. The van der Waals surface area contributed by atoms with Crippen LogP contribution in [0.25, 0.3) is 11.0 Å². The van der Waals surface area contributed by atoms with Gasteiger partial charge in [-0.1, -0.05) is 54.4 Å². The third-order valence-corrected chi connectivity index (χ3v) is 9.80. The smallest absolute Gasteiger partial charge is 0.262 e. The van der Waals surface area contributed by atoms with Crippen molar-refractivity contribution in [2.75, 3.05) is 0 Å². The number of carbonyl (C=O) groups excluding carboxylic acids is 1. The third-order valence-electron chi connectivity index (χ3n) is 8.36. The molecule has 1 saturated carbocycles. The minimum Gasteiger partial charge on any atom is -0.487 e. The zero-order chi connectivity index (χ0) is 29.3. The van der Waals surface area contributed by atoms with Crippen LogP contribution in [0, 0.1) is 13.8 Å². The van der Waals surface area contributed by atoms with Crippen LogP contribution in [-0.2, 0) is 21.2 Å². The predicted molar refractivity (Wildman–Crippen MR) is 160 cm³/mol. The van der Waals surface area contributed by atoms with E-state index in [1.165, 1.54) is 37.0 Å². The first-order valence-electron chi connectivity index (χ1n) is 14.5. The summed E-state index contributed by atoms with van der Waals surface area (Å²) in [5.74, 6) is 0.215. The van der Waals surface area contributed by atoms with Crippen LogP contribution in [0.1, 0.15) is 66.8 Å². The first kappa shape index (κ1) is 28.2. The Kier molecular flexibility index (Phi) is 7.64. The lowest BCUT2D eigenvalue weighted by Crippen LogP contribution is -2.41. The van der Waals surface area contributed by atoms with E-state index in [1.54, 1.807) is 48.5 Å². The molecule has 2 aliphatic rings. The molecule has 2 heterocycles. The fraction of sp³-hybridized carbons (Fsp3) is 0.333. The van der Waals surface area contributed by atoms with Gasteiger partial charge in [0, 0.05) is 17.5 Å². The monoisotopic (exact) mass is 585 g/mol. The topological polar surface area (TPSA) is 110 Å². The Morgan fingerprint density at radius 3 is 2.40 bits per heavy atom. The summed E-state index contributed by atoms with van der Waals surface area (Å²) in [7, 11) is -4.00. The number of sulfonamides is 1. The number of carbonyl (C=O) groups is 1. The van der Waals surface area contributed by atoms with Crippen LogP contribution >= 0.6 is 0 Å². The lowest BCUT2D eigenvalue weighted by atomic mass is 9.79. The molecule has 1 aliphatic heterocycles. The number of nitrogens with zero attached hydrogens (tertiary/aromatic N) is 1. The van der Waals surface area contributed by atoms with Crippen molar-refractivity contribution < 1.29 is 22.4 Å². The molecule has 0 radical (unpaired) electrons. The molecule has 9 heteroatoms. The van der Waals surface area contributed by atoms with Gasteiger partial charge in [0.1, 0.15) is 23.0 Å². The SMILES string of the molecule is Cc1ccc(S(=O)(=O)N[C@H](C(=O)NN=c2cc(C)c3cc4c(cc3o2)OC2(CCCCC2)CC4)c2ccccc2)cc1. The second kappa shape index (κ2) is 11.4. The summed E-state index contributed by atoms with van der Waals surface area (Å²) in [5.41, 5.74) is 6.79. The minimum absolute atomic E-state index is 0.0690. The van der Waals surface area contributed by atoms with Gasteiger partial charge in [-0.2, -0.15) is 4.72 Å². The molecule has 218 valence electrons. The Bertz CT molecular complexity index is 1790. The number of aryl methyl sites for hydroxylation is 3. The summed E-state index contributed by atoms with van der Waals surface area (Å²) in [6.07, 6.45) is 7.83. The summed E-state index contributed by atoms with van der Waals surface area (Å²) in [4.78, 5) is 13.5. The lowest BCUT2D eigenvalue weighted by Gasteiger charge is -2.41. The molecule has 6 rings (SSSR count). The summed E-state index contributed by atoms with van der Waals surface area (Å²) >= 11 is 0. The Morgan fingerprint density at radius 1 is 0.929 bits per heavy atom. The zero-order valence-corrected chi connectivity index (χ0v) is 24.7. The van der Waals surface area contributed by atoms with E-state index in [9.17, 15) is 13.2 Å². The number of fused-ring (bicyclic) bond motifs is 2. The zero-order valence-electron chi connectivity index (χ0n) is 23.9. The van der Waals surface area contributed by atoms with Gasteiger partial charge in [-0.05, 0) is 87.3 Å². The molecule has 1 aliphatic carbocycles. The number of nitrogens with one attached hydrogen (secondary N) is 2. The molecule has 42 heavy (non-hydrogen) atoms. The molecule has 2 N–H and O–H groups in total. The summed E-state index contributed by atoms with van der Waals surface area (Å²) in [6.45, 7) is 3.85. The number of amides is 1. The molecule has 0 unspecified atom stereocenters. The molecular formula is C33H35N3O5S. The third kappa shape index (κ3) is 5.84. The summed E-state index contributed by atoms with van der Waals surface area (Å²) < 4.78 is 41.6. The Hall–Kier alpha value is -3.95. The van der Waals surface area contributed by atoms with Gasteiger partial charge in [0.25, 0.3) is 5.91 Å². The Balaban J connectivity index is 1.28. The Labute approximate surface area is 245 Å². The van der Waals surface area contributed by atoms with Crippen LogP contribution in [0.4, 0.5) is 0 Å². The maximum Gasteiger partial charge on any atom is 0.262 e. The van der Waals surface area contributed by atoms with Crippen LogP contribution in [0.3, 0.4) is 0 Å². The number of hydrogen-bond acceptors (Lipinski definition) is 6. The van der Waals surface area contributed by atoms with Crippen molar-refractivity contribution >= 4 is 26.9 Å². The molecule has 1 spiro atoms. The molecule has 0 bridgehead atoms. The fourth-order valence-corrected chi connectivity index (χ4v) is 7.16. The van der Waals surface area contributed by atoms with E-state index >= 15 is 0 Å². The van der Waals surface area contributed by atoms with E-state index in [0.717, 1.165) is 47.9 Å². The molecule has 1 aromatic heterocycles. The molecular weight excluding hydrogens is 550 g/mol. The van der Waals surface area contributed by atoms with Crippen LogP contribution < -0.4 is 20.4 Å². The largest absolute Gasteiger partial charge is 0.487 e. The van der Waals surface area contributed by atoms with Crippen molar-refractivity contribution in [1.82, 2.24) is 10.1 Å². The molecule has 0 saturated heterocycles. The molecule has 3 aromatic carbocycles. The summed E-state index contributed by atoms with van der Waals surface area (Å²) in [6, 6.07) is 19.7. The highest BCUT2D eigenvalue weighted by molar-refractivity contribution is 7.89. The van der Waals surface area contributed by atoms with Gasteiger partial charge in [0.2, 0.25) is 15.6 Å². The normalized spacial score (nSPS) is 17.4. The van der Waals surface area contributed by atoms with Gasteiger partial charge in [-0.15, -0.1) is 5.10 Å². The van der Waals surface area contributed by atoms with Gasteiger partial charge in [0.15, 0.2) is 0 Å². The molecule has 4 aromatic rings. The maximum absolute atomic E-state index is 13.4. The highest BCUT2D eigenvalue weighted by atomic mass is 32.2. The van der Waals surface area contributed by atoms with Gasteiger partial charge in [-0.3, -0.25) is 4.79 Å². The molecule has 8 nitrogen and oxygen atoms in total. The fourth-order valence-electron chi connectivity index (χ4n) is 5.98. The average Bonchev–Trinajstić information content (AvgIpc) is 2.99. The van der Waals surface area contributed by atoms with Crippen LogP contribution in [-0.4, -0.2) is 19.9 Å². The number of hydrogen-bond donors (Lipinski definition) is 2. The quantitative estimate of drug-likeness (QED) is 0.281. The van der Waals surface area contributed by atoms with Crippen LogP contribution in [0.2, 0.25) is 0 Å². The second-order valence-electron chi connectivity index (χ2n) is 11.4.